The molecular formula is C15H17N5O. The fraction of sp³-hybridized carbons (Fsp3) is 0.267. The van der Waals surface area contributed by atoms with Gasteiger partial charge in [0.25, 0.3) is 0 Å². The molecule has 2 aromatic heterocycles. The van der Waals surface area contributed by atoms with Crippen LogP contribution in [0.4, 0.5) is 5.69 Å². The molecule has 3 rings (SSSR count). The average Bonchev–Trinajstić information content (AvgIpc) is 3.18. The number of tetrazole rings is 1. The SMILES string of the molecule is CCc1ccc(CNc2cc(-n3cnnn3)ccc2C)o1. The van der Waals surface area contributed by atoms with Gasteiger partial charge in [0.15, 0.2) is 0 Å². The lowest BCUT2D eigenvalue weighted by molar-refractivity contribution is 0.476. The van der Waals surface area contributed by atoms with E-state index in [1.54, 1.807) is 11.0 Å². The highest BCUT2D eigenvalue weighted by atomic mass is 16.3. The monoisotopic (exact) mass is 283 g/mol. The van der Waals surface area contributed by atoms with Crippen molar-refractivity contribution in [2.24, 2.45) is 0 Å². The minimum absolute atomic E-state index is 0.653. The third-order valence-corrected chi connectivity index (χ3v) is 3.35. The van der Waals surface area contributed by atoms with Crippen molar-refractivity contribution in [2.45, 2.75) is 26.8 Å². The van der Waals surface area contributed by atoms with Crippen LogP contribution in [0.1, 0.15) is 24.0 Å². The summed E-state index contributed by atoms with van der Waals surface area (Å²) in [6.45, 7) is 4.79. The highest BCUT2D eigenvalue weighted by molar-refractivity contribution is 5.56. The number of hydrogen-bond acceptors (Lipinski definition) is 5. The Hall–Kier alpha value is -2.63. The van der Waals surface area contributed by atoms with Crippen molar-refractivity contribution in [3.8, 4) is 5.69 Å². The Morgan fingerprint density at radius 2 is 2.05 bits per heavy atom. The second-order valence-electron chi connectivity index (χ2n) is 4.83. The first-order chi connectivity index (χ1) is 10.3. The van der Waals surface area contributed by atoms with Gasteiger partial charge in [0.2, 0.25) is 0 Å². The fourth-order valence-electron chi connectivity index (χ4n) is 2.11. The average molecular weight is 283 g/mol. The summed E-state index contributed by atoms with van der Waals surface area (Å²) in [5.41, 5.74) is 3.12. The normalized spacial score (nSPS) is 10.8. The molecule has 1 aromatic carbocycles. The zero-order chi connectivity index (χ0) is 14.7. The van der Waals surface area contributed by atoms with E-state index in [0.717, 1.165) is 34.9 Å². The third kappa shape index (κ3) is 2.94. The van der Waals surface area contributed by atoms with Gasteiger partial charge in [-0.3, -0.25) is 0 Å². The van der Waals surface area contributed by atoms with Gasteiger partial charge in [-0.25, -0.2) is 4.68 Å². The Bertz CT molecular complexity index is 718. The summed E-state index contributed by atoms with van der Waals surface area (Å²) in [5.74, 6) is 1.94. The first kappa shape index (κ1) is 13.4. The van der Waals surface area contributed by atoms with Crippen molar-refractivity contribution >= 4 is 5.69 Å². The van der Waals surface area contributed by atoms with Crippen LogP contribution in [0.25, 0.3) is 5.69 Å². The predicted octanol–water partition coefficient (Wildman–Crippen LogP) is 2.74. The molecule has 0 spiro atoms. The zero-order valence-corrected chi connectivity index (χ0v) is 12.1. The summed E-state index contributed by atoms with van der Waals surface area (Å²) in [7, 11) is 0. The third-order valence-electron chi connectivity index (χ3n) is 3.35. The van der Waals surface area contributed by atoms with Gasteiger partial charge in [0.1, 0.15) is 17.8 Å². The molecule has 6 nitrogen and oxygen atoms in total. The van der Waals surface area contributed by atoms with Crippen LogP contribution in [0.3, 0.4) is 0 Å². The summed E-state index contributed by atoms with van der Waals surface area (Å²) in [6.07, 6.45) is 2.49. The Kier molecular flexibility index (Phi) is 3.68. The van der Waals surface area contributed by atoms with Gasteiger partial charge in [-0.2, -0.15) is 0 Å². The number of hydrogen-bond donors (Lipinski definition) is 1. The van der Waals surface area contributed by atoms with E-state index in [9.17, 15) is 0 Å². The van der Waals surface area contributed by atoms with Crippen LogP contribution >= 0.6 is 0 Å². The fourth-order valence-corrected chi connectivity index (χ4v) is 2.11. The first-order valence-electron chi connectivity index (χ1n) is 6.91. The van der Waals surface area contributed by atoms with E-state index >= 15 is 0 Å². The Morgan fingerprint density at radius 1 is 1.19 bits per heavy atom. The Balaban J connectivity index is 1.76. The summed E-state index contributed by atoms with van der Waals surface area (Å²) < 4.78 is 7.33. The van der Waals surface area contributed by atoms with Gasteiger partial charge in [-0.15, -0.1) is 5.10 Å². The molecule has 1 N–H and O–H groups in total. The van der Waals surface area contributed by atoms with Crippen molar-refractivity contribution in [1.29, 1.82) is 0 Å². The number of benzene rings is 1. The summed E-state index contributed by atoms with van der Waals surface area (Å²) >= 11 is 0. The molecule has 0 radical (unpaired) electrons. The molecule has 0 aliphatic carbocycles. The molecule has 0 aliphatic rings. The van der Waals surface area contributed by atoms with E-state index in [2.05, 4.69) is 34.7 Å². The molecule has 0 saturated carbocycles. The lowest BCUT2D eigenvalue weighted by atomic mass is 10.2. The molecule has 0 amide bonds. The van der Waals surface area contributed by atoms with E-state index < -0.39 is 0 Å². The van der Waals surface area contributed by atoms with E-state index in [1.807, 2.05) is 30.3 Å². The van der Waals surface area contributed by atoms with Crippen molar-refractivity contribution in [1.82, 2.24) is 20.2 Å². The highest BCUT2D eigenvalue weighted by Gasteiger charge is 2.05. The van der Waals surface area contributed by atoms with Crippen LogP contribution in [-0.2, 0) is 13.0 Å². The molecule has 0 aliphatic heterocycles. The molecule has 21 heavy (non-hydrogen) atoms. The molecule has 0 saturated heterocycles. The summed E-state index contributed by atoms with van der Waals surface area (Å²) in [4.78, 5) is 0. The van der Waals surface area contributed by atoms with Crippen molar-refractivity contribution in [3.05, 3.63) is 53.7 Å². The van der Waals surface area contributed by atoms with Crippen molar-refractivity contribution in [2.75, 3.05) is 5.32 Å². The number of furan rings is 1. The van der Waals surface area contributed by atoms with Gasteiger partial charge >= 0.3 is 0 Å². The lowest BCUT2D eigenvalue weighted by Crippen LogP contribution is -2.02. The highest BCUT2D eigenvalue weighted by Crippen LogP contribution is 2.20. The maximum Gasteiger partial charge on any atom is 0.143 e. The van der Waals surface area contributed by atoms with E-state index in [4.69, 9.17) is 4.42 Å². The van der Waals surface area contributed by atoms with E-state index in [1.165, 1.54) is 0 Å². The molecule has 2 heterocycles. The first-order valence-corrected chi connectivity index (χ1v) is 6.91. The zero-order valence-electron chi connectivity index (χ0n) is 12.1. The molecule has 0 fully saturated rings. The molecule has 108 valence electrons. The molecule has 6 heteroatoms. The van der Waals surface area contributed by atoms with Crippen molar-refractivity contribution < 1.29 is 4.42 Å². The molecular weight excluding hydrogens is 266 g/mol. The summed E-state index contributed by atoms with van der Waals surface area (Å²) in [6, 6.07) is 10.1. The maximum atomic E-state index is 5.70. The van der Waals surface area contributed by atoms with Crippen LogP contribution in [0.15, 0.2) is 41.1 Å². The van der Waals surface area contributed by atoms with Crippen LogP contribution in [-0.4, -0.2) is 20.2 Å². The lowest BCUT2D eigenvalue weighted by Gasteiger charge is -2.10. The van der Waals surface area contributed by atoms with Crippen LogP contribution in [0.5, 0.6) is 0 Å². The molecule has 0 unspecified atom stereocenters. The molecule has 0 bridgehead atoms. The quantitative estimate of drug-likeness (QED) is 0.779. The number of rotatable bonds is 5. The second-order valence-corrected chi connectivity index (χ2v) is 4.83. The second kappa shape index (κ2) is 5.78. The number of aryl methyl sites for hydroxylation is 2. The van der Waals surface area contributed by atoms with Gasteiger partial charge in [0, 0.05) is 12.1 Å². The predicted molar refractivity (Wildman–Crippen MR) is 79.3 cm³/mol. The number of anilines is 1. The maximum absolute atomic E-state index is 5.70. The van der Waals surface area contributed by atoms with Gasteiger partial charge in [-0.1, -0.05) is 13.0 Å². The minimum Gasteiger partial charge on any atom is -0.464 e. The number of aromatic nitrogens is 4. The molecule has 3 aromatic rings. The largest absolute Gasteiger partial charge is 0.464 e. The molecule has 0 atom stereocenters. The van der Waals surface area contributed by atoms with Crippen molar-refractivity contribution in [3.63, 3.8) is 0 Å². The minimum atomic E-state index is 0.653. The van der Waals surface area contributed by atoms with Crippen LogP contribution < -0.4 is 5.32 Å². The van der Waals surface area contributed by atoms with Gasteiger partial charge < -0.3 is 9.73 Å². The summed E-state index contributed by atoms with van der Waals surface area (Å²) in [5, 5.41) is 14.6. The topological polar surface area (TPSA) is 68.8 Å². The van der Waals surface area contributed by atoms with Crippen LogP contribution in [0, 0.1) is 6.92 Å². The Morgan fingerprint density at radius 3 is 2.76 bits per heavy atom. The van der Waals surface area contributed by atoms with Gasteiger partial charge in [-0.05, 0) is 47.2 Å². The Labute approximate surface area is 122 Å². The van der Waals surface area contributed by atoms with Crippen LogP contribution in [0.2, 0.25) is 0 Å². The number of nitrogens with one attached hydrogen (secondary N) is 1. The number of nitrogens with zero attached hydrogens (tertiary/aromatic N) is 4. The van der Waals surface area contributed by atoms with E-state index in [0.29, 0.717) is 6.54 Å². The smallest absolute Gasteiger partial charge is 0.143 e. The van der Waals surface area contributed by atoms with E-state index in [-0.39, 0.29) is 0 Å². The van der Waals surface area contributed by atoms with Gasteiger partial charge in [0.05, 0.1) is 12.2 Å². The standard InChI is InChI=1S/C15H17N5O/c1-3-13-6-7-14(21-13)9-16-15-8-12(5-4-11(15)2)20-10-17-18-19-20/h4-8,10,16H,3,9H2,1-2H3.